The van der Waals surface area contributed by atoms with E-state index in [1.807, 2.05) is 30.3 Å². The summed E-state index contributed by atoms with van der Waals surface area (Å²) in [5.41, 5.74) is 4.24. The van der Waals surface area contributed by atoms with Crippen LogP contribution in [0.5, 0.6) is 5.75 Å². The molecule has 0 fully saturated rings. The van der Waals surface area contributed by atoms with E-state index >= 15 is 0 Å². The zero-order valence-electron chi connectivity index (χ0n) is 11.3. The number of aliphatic imine (C=N–C) groups is 1. The predicted octanol–water partition coefficient (Wildman–Crippen LogP) is 4.37. The van der Waals surface area contributed by atoms with E-state index in [1.165, 1.54) is 5.56 Å². The molecule has 1 unspecified atom stereocenters. The van der Waals surface area contributed by atoms with Crippen LogP contribution >= 0.6 is 11.6 Å². The molecule has 2 nitrogen and oxygen atoms in total. The summed E-state index contributed by atoms with van der Waals surface area (Å²) < 4.78 is 5.36. The second kappa shape index (κ2) is 5.68. The van der Waals surface area contributed by atoms with Crippen LogP contribution in [-0.4, -0.2) is 18.2 Å². The fourth-order valence-electron chi connectivity index (χ4n) is 2.56. The summed E-state index contributed by atoms with van der Waals surface area (Å²) in [7, 11) is 1.66. The third-order valence-corrected chi connectivity index (χ3v) is 4.01. The highest BCUT2D eigenvalue weighted by molar-refractivity contribution is 6.36. The number of benzene rings is 2. The van der Waals surface area contributed by atoms with E-state index in [9.17, 15) is 0 Å². The van der Waals surface area contributed by atoms with Gasteiger partial charge in [0, 0.05) is 5.56 Å². The Morgan fingerprint density at radius 3 is 2.70 bits per heavy atom. The molecule has 0 bridgehead atoms. The van der Waals surface area contributed by atoms with Gasteiger partial charge in [-0.1, -0.05) is 36.4 Å². The number of rotatable bonds is 2. The average molecular weight is 286 g/mol. The molecule has 0 saturated heterocycles. The number of hydrogen-bond acceptors (Lipinski definition) is 2. The SMILES string of the molecule is COc1ccccc1N=C1c2ccccc2CCC1Cl. The molecule has 0 N–H and O–H groups in total. The van der Waals surface area contributed by atoms with Crippen molar-refractivity contribution >= 4 is 23.0 Å². The number of ether oxygens (including phenoxy) is 1. The quantitative estimate of drug-likeness (QED) is 0.751. The molecular formula is C17H16ClNO. The van der Waals surface area contributed by atoms with Gasteiger partial charge in [-0.25, -0.2) is 4.99 Å². The minimum Gasteiger partial charge on any atom is -0.494 e. The normalized spacial score (nSPS) is 19.7. The Morgan fingerprint density at radius 1 is 1.10 bits per heavy atom. The number of alkyl halides is 1. The zero-order chi connectivity index (χ0) is 13.9. The molecule has 3 rings (SSSR count). The van der Waals surface area contributed by atoms with E-state index in [4.69, 9.17) is 21.3 Å². The van der Waals surface area contributed by atoms with E-state index in [1.54, 1.807) is 7.11 Å². The van der Waals surface area contributed by atoms with Gasteiger partial charge in [-0.2, -0.15) is 0 Å². The molecule has 0 radical (unpaired) electrons. The molecular weight excluding hydrogens is 270 g/mol. The zero-order valence-corrected chi connectivity index (χ0v) is 12.1. The number of hydrogen-bond donors (Lipinski definition) is 0. The van der Waals surface area contributed by atoms with Crippen molar-refractivity contribution < 1.29 is 4.74 Å². The lowest BCUT2D eigenvalue weighted by molar-refractivity contribution is 0.416. The summed E-state index contributed by atoms with van der Waals surface area (Å²) >= 11 is 6.48. The first-order valence-corrected chi connectivity index (χ1v) is 7.17. The van der Waals surface area contributed by atoms with Gasteiger partial charge in [0.05, 0.1) is 18.2 Å². The third kappa shape index (κ3) is 2.44. The van der Waals surface area contributed by atoms with Crippen LogP contribution in [0.25, 0.3) is 0 Å². The van der Waals surface area contributed by atoms with Gasteiger partial charge in [0.1, 0.15) is 11.4 Å². The van der Waals surface area contributed by atoms with Crippen LogP contribution in [0.1, 0.15) is 17.5 Å². The fraction of sp³-hybridized carbons (Fsp3) is 0.235. The van der Waals surface area contributed by atoms with Crippen LogP contribution in [-0.2, 0) is 6.42 Å². The number of aryl methyl sites for hydroxylation is 1. The maximum atomic E-state index is 6.48. The van der Waals surface area contributed by atoms with Gasteiger partial charge in [-0.15, -0.1) is 11.6 Å². The number of para-hydroxylation sites is 2. The minimum absolute atomic E-state index is 0.0465. The molecule has 0 aliphatic heterocycles. The standard InChI is InChI=1S/C17H16ClNO/c1-20-16-9-5-4-8-15(16)19-17-13-7-3-2-6-12(13)10-11-14(17)18/h2-9,14H,10-11H2,1H3. The summed E-state index contributed by atoms with van der Waals surface area (Å²) in [6.07, 6.45) is 1.93. The predicted molar refractivity (Wildman–Crippen MR) is 83.6 cm³/mol. The van der Waals surface area contributed by atoms with Crippen LogP contribution in [0, 0.1) is 0 Å². The fourth-order valence-corrected chi connectivity index (χ4v) is 2.83. The van der Waals surface area contributed by atoms with Crippen molar-refractivity contribution in [3.63, 3.8) is 0 Å². The van der Waals surface area contributed by atoms with E-state index in [-0.39, 0.29) is 5.38 Å². The lowest BCUT2D eigenvalue weighted by Crippen LogP contribution is -2.23. The molecule has 1 aliphatic rings. The van der Waals surface area contributed by atoms with Crippen molar-refractivity contribution in [1.29, 1.82) is 0 Å². The molecule has 0 heterocycles. The van der Waals surface area contributed by atoms with E-state index in [0.717, 1.165) is 35.6 Å². The Hall–Kier alpha value is -1.80. The Kier molecular flexibility index (Phi) is 3.75. The lowest BCUT2D eigenvalue weighted by Gasteiger charge is -2.22. The van der Waals surface area contributed by atoms with Crippen molar-refractivity contribution in [3.05, 3.63) is 59.7 Å². The van der Waals surface area contributed by atoms with Crippen LogP contribution < -0.4 is 4.74 Å². The number of fused-ring (bicyclic) bond motifs is 1. The average Bonchev–Trinajstić information content (AvgIpc) is 2.50. The highest BCUT2D eigenvalue weighted by atomic mass is 35.5. The van der Waals surface area contributed by atoms with Gasteiger partial charge in [-0.05, 0) is 30.5 Å². The maximum absolute atomic E-state index is 6.48. The third-order valence-electron chi connectivity index (χ3n) is 3.58. The van der Waals surface area contributed by atoms with Gasteiger partial charge in [0.25, 0.3) is 0 Å². The highest BCUT2D eigenvalue weighted by Gasteiger charge is 2.23. The molecule has 0 spiro atoms. The Morgan fingerprint density at radius 2 is 1.85 bits per heavy atom. The summed E-state index contributed by atoms with van der Waals surface area (Å²) in [4.78, 5) is 4.77. The molecule has 20 heavy (non-hydrogen) atoms. The first kappa shape index (κ1) is 13.2. The smallest absolute Gasteiger partial charge is 0.144 e. The first-order chi connectivity index (χ1) is 9.79. The van der Waals surface area contributed by atoms with Gasteiger partial charge >= 0.3 is 0 Å². The molecule has 1 atom stereocenters. The van der Waals surface area contributed by atoms with Gasteiger partial charge in [0.15, 0.2) is 0 Å². The van der Waals surface area contributed by atoms with Crippen molar-refractivity contribution in [2.75, 3.05) is 7.11 Å². The van der Waals surface area contributed by atoms with Crippen molar-refractivity contribution in [1.82, 2.24) is 0 Å². The number of nitrogens with zero attached hydrogens (tertiary/aromatic N) is 1. The second-order valence-corrected chi connectivity index (χ2v) is 5.36. The number of halogens is 1. The molecule has 1 aliphatic carbocycles. The van der Waals surface area contributed by atoms with Crippen LogP contribution in [0.4, 0.5) is 5.69 Å². The molecule has 102 valence electrons. The largest absolute Gasteiger partial charge is 0.494 e. The molecule has 0 aromatic heterocycles. The molecule has 0 saturated carbocycles. The highest BCUT2D eigenvalue weighted by Crippen LogP contribution is 2.31. The topological polar surface area (TPSA) is 21.6 Å². The van der Waals surface area contributed by atoms with E-state index < -0.39 is 0 Å². The van der Waals surface area contributed by atoms with Crippen molar-refractivity contribution in [3.8, 4) is 5.75 Å². The monoisotopic (exact) mass is 285 g/mol. The summed E-state index contributed by atoms with van der Waals surface area (Å²) in [5.74, 6) is 0.770. The summed E-state index contributed by atoms with van der Waals surface area (Å²) in [5, 5.41) is -0.0465. The van der Waals surface area contributed by atoms with Crippen LogP contribution in [0.2, 0.25) is 0 Å². The Labute approximate surface area is 124 Å². The maximum Gasteiger partial charge on any atom is 0.144 e. The van der Waals surface area contributed by atoms with Gasteiger partial charge in [-0.3, -0.25) is 0 Å². The van der Waals surface area contributed by atoms with E-state index in [2.05, 4.69) is 18.2 Å². The lowest BCUT2D eigenvalue weighted by atomic mass is 9.89. The van der Waals surface area contributed by atoms with E-state index in [0.29, 0.717) is 0 Å². The van der Waals surface area contributed by atoms with Crippen molar-refractivity contribution in [2.45, 2.75) is 18.2 Å². The number of methoxy groups -OCH3 is 1. The Bertz CT molecular complexity index is 651. The molecule has 2 aromatic rings. The molecule has 0 amide bonds. The first-order valence-electron chi connectivity index (χ1n) is 6.73. The van der Waals surface area contributed by atoms with Gasteiger partial charge in [0.2, 0.25) is 0 Å². The molecule has 3 heteroatoms. The second-order valence-electron chi connectivity index (χ2n) is 4.83. The van der Waals surface area contributed by atoms with Crippen molar-refractivity contribution in [2.24, 2.45) is 4.99 Å². The summed E-state index contributed by atoms with van der Waals surface area (Å²) in [6.45, 7) is 0. The Balaban J connectivity index is 2.11. The van der Waals surface area contributed by atoms with Gasteiger partial charge < -0.3 is 4.74 Å². The van der Waals surface area contributed by atoms with Crippen LogP contribution in [0.15, 0.2) is 53.5 Å². The minimum atomic E-state index is -0.0465. The summed E-state index contributed by atoms with van der Waals surface area (Å²) in [6, 6.07) is 16.1. The molecule has 2 aromatic carbocycles. The van der Waals surface area contributed by atoms with Crippen LogP contribution in [0.3, 0.4) is 0 Å².